The average Bonchev–Trinajstić information content (AvgIpc) is 3.04. The van der Waals surface area contributed by atoms with Crippen LogP contribution >= 0.6 is 27.3 Å². The van der Waals surface area contributed by atoms with Gasteiger partial charge in [0, 0.05) is 18.0 Å². The minimum absolute atomic E-state index is 0.214. The summed E-state index contributed by atoms with van der Waals surface area (Å²) in [6.45, 7) is 2.70. The molecule has 2 heterocycles. The molecule has 5 nitrogen and oxygen atoms in total. The first-order valence-corrected chi connectivity index (χ1v) is 9.04. The third-order valence-corrected chi connectivity index (χ3v) is 6.99. The number of nitrogens with two attached hydrogens (primary N) is 1. The first-order valence-electron chi connectivity index (χ1n) is 5.99. The van der Waals surface area contributed by atoms with Crippen molar-refractivity contribution in [3.63, 3.8) is 0 Å². The average molecular weight is 379 g/mol. The fraction of sp³-hybridized carbons (Fsp3) is 0.333. The molecule has 0 fully saturated rings. The molecule has 8 heteroatoms. The van der Waals surface area contributed by atoms with Gasteiger partial charge in [0.2, 0.25) is 10.0 Å². The van der Waals surface area contributed by atoms with Gasteiger partial charge >= 0.3 is 0 Å². The maximum atomic E-state index is 12.7. The zero-order valence-corrected chi connectivity index (χ0v) is 14.1. The lowest BCUT2D eigenvalue weighted by molar-refractivity contribution is 0.375. The van der Waals surface area contributed by atoms with E-state index in [1.165, 1.54) is 21.9 Å². The predicted molar refractivity (Wildman–Crippen MR) is 81.9 cm³/mol. The maximum absolute atomic E-state index is 12.7. The van der Waals surface area contributed by atoms with Crippen LogP contribution in [0.3, 0.4) is 0 Å². The van der Waals surface area contributed by atoms with E-state index in [9.17, 15) is 8.42 Å². The van der Waals surface area contributed by atoms with Crippen LogP contribution in [0.2, 0.25) is 0 Å². The Morgan fingerprint density at radius 2 is 2.25 bits per heavy atom. The molecule has 0 aromatic carbocycles. The van der Waals surface area contributed by atoms with Gasteiger partial charge in [-0.3, -0.25) is 0 Å². The van der Waals surface area contributed by atoms with E-state index in [0.29, 0.717) is 22.6 Å². The van der Waals surface area contributed by atoms with Crippen LogP contribution in [-0.4, -0.2) is 19.3 Å². The van der Waals surface area contributed by atoms with Gasteiger partial charge in [-0.15, -0.1) is 11.3 Å². The van der Waals surface area contributed by atoms with Gasteiger partial charge in [-0.05, 0) is 34.1 Å². The molecule has 2 aromatic heterocycles. The number of halogens is 1. The molecular formula is C12H15BrN2O3S2. The summed E-state index contributed by atoms with van der Waals surface area (Å²) in [6, 6.07) is 5.11. The number of sulfonamides is 1. The lowest BCUT2D eigenvalue weighted by Crippen LogP contribution is -2.30. The highest BCUT2D eigenvalue weighted by molar-refractivity contribution is 9.11. The molecule has 0 aliphatic carbocycles. The largest absolute Gasteiger partial charge is 0.468 e. The van der Waals surface area contributed by atoms with Crippen molar-refractivity contribution in [2.75, 3.05) is 6.54 Å². The van der Waals surface area contributed by atoms with E-state index in [0.717, 1.165) is 4.88 Å². The zero-order chi connectivity index (χ0) is 14.8. The van der Waals surface area contributed by atoms with E-state index < -0.39 is 10.0 Å². The van der Waals surface area contributed by atoms with Gasteiger partial charge in [-0.25, -0.2) is 8.42 Å². The normalized spacial score (nSPS) is 12.2. The fourth-order valence-electron chi connectivity index (χ4n) is 1.76. The second-order valence-electron chi connectivity index (χ2n) is 4.07. The van der Waals surface area contributed by atoms with Crippen LogP contribution in [0.25, 0.3) is 0 Å². The van der Waals surface area contributed by atoms with E-state index in [1.807, 2.05) is 0 Å². The van der Waals surface area contributed by atoms with Gasteiger partial charge in [0.25, 0.3) is 0 Å². The van der Waals surface area contributed by atoms with Gasteiger partial charge < -0.3 is 10.2 Å². The predicted octanol–water partition coefficient (Wildman–Crippen LogP) is 2.77. The van der Waals surface area contributed by atoms with Crippen molar-refractivity contribution in [3.8, 4) is 0 Å². The number of thiophene rings is 1. The van der Waals surface area contributed by atoms with Crippen LogP contribution in [0.4, 0.5) is 0 Å². The topological polar surface area (TPSA) is 76.5 Å². The summed E-state index contributed by atoms with van der Waals surface area (Å²) in [5.41, 5.74) is 5.56. The molecule has 0 saturated heterocycles. The minimum Gasteiger partial charge on any atom is -0.468 e. The van der Waals surface area contributed by atoms with Crippen molar-refractivity contribution in [2.24, 2.45) is 5.73 Å². The molecule has 2 aromatic rings. The Morgan fingerprint density at radius 3 is 2.75 bits per heavy atom. The molecule has 0 radical (unpaired) electrons. The molecule has 110 valence electrons. The molecule has 0 amide bonds. The third-order valence-electron chi connectivity index (χ3n) is 2.79. The molecular weight excluding hydrogens is 364 g/mol. The molecule has 0 saturated carbocycles. The summed E-state index contributed by atoms with van der Waals surface area (Å²) in [6.07, 6.45) is 1.53. The summed E-state index contributed by atoms with van der Waals surface area (Å²) in [5.74, 6) is 0.612. The Balaban J connectivity index is 2.33. The molecule has 20 heavy (non-hydrogen) atoms. The van der Waals surface area contributed by atoms with Crippen LogP contribution < -0.4 is 5.73 Å². The molecule has 2 rings (SSSR count). The Labute approximate surface area is 130 Å². The summed E-state index contributed by atoms with van der Waals surface area (Å²) in [5, 5.41) is 0. The van der Waals surface area contributed by atoms with Crippen LogP contribution in [0, 0.1) is 0 Å². The zero-order valence-electron chi connectivity index (χ0n) is 10.9. The van der Waals surface area contributed by atoms with Crippen molar-refractivity contribution >= 4 is 37.3 Å². The van der Waals surface area contributed by atoms with Crippen LogP contribution in [0.1, 0.15) is 17.6 Å². The van der Waals surface area contributed by atoms with Gasteiger partial charge in [0.1, 0.15) is 10.7 Å². The van der Waals surface area contributed by atoms with Gasteiger partial charge in [0.15, 0.2) is 0 Å². The van der Waals surface area contributed by atoms with E-state index in [4.69, 9.17) is 10.2 Å². The number of rotatable bonds is 6. The first kappa shape index (κ1) is 15.7. The van der Waals surface area contributed by atoms with Gasteiger partial charge in [-0.2, -0.15) is 4.31 Å². The van der Waals surface area contributed by atoms with Crippen LogP contribution in [0.5, 0.6) is 0 Å². The van der Waals surface area contributed by atoms with E-state index in [-0.39, 0.29) is 11.4 Å². The molecule has 0 atom stereocenters. The smallest absolute Gasteiger partial charge is 0.245 e. The standard InChI is InChI=1S/C12H15BrN2O3S2/c1-2-15(8-9-4-3-5-18-9)20(16,17)11-6-10(7-14)19-12(11)13/h3-6H,2,7-8,14H2,1H3. The van der Waals surface area contributed by atoms with E-state index in [2.05, 4.69) is 15.9 Å². The third kappa shape index (κ3) is 3.15. The fourth-order valence-corrected chi connectivity index (χ4v) is 5.68. The Bertz CT molecular complexity index is 665. The molecule has 0 unspecified atom stereocenters. The van der Waals surface area contributed by atoms with Crippen molar-refractivity contribution in [3.05, 3.63) is 38.9 Å². The minimum atomic E-state index is -3.57. The van der Waals surface area contributed by atoms with Crippen molar-refractivity contribution in [2.45, 2.75) is 24.9 Å². The van der Waals surface area contributed by atoms with Crippen LogP contribution in [0.15, 0.2) is 37.6 Å². The number of hydrogen-bond donors (Lipinski definition) is 1. The summed E-state index contributed by atoms with van der Waals surface area (Å²) < 4.78 is 32.5. The van der Waals surface area contributed by atoms with Crippen LogP contribution in [-0.2, 0) is 23.1 Å². The Kier molecular flexibility index (Phi) is 5.03. The molecule has 0 bridgehead atoms. The summed E-state index contributed by atoms with van der Waals surface area (Å²) in [7, 11) is -3.57. The van der Waals surface area contributed by atoms with Crippen molar-refractivity contribution in [1.29, 1.82) is 0 Å². The number of furan rings is 1. The van der Waals surface area contributed by atoms with Gasteiger partial charge in [0.05, 0.1) is 16.6 Å². The molecule has 0 aliphatic heterocycles. The SMILES string of the molecule is CCN(Cc1ccco1)S(=O)(=O)c1cc(CN)sc1Br. The Hall–Kier alpha value is -0.670. The second kappa shape index (κ2) is 6.40. The maximum Gasteiger partial charge on any atom is 0.245 e. The Morgan fingerprint density at radius 1 is 1.50 bits per heavy atom. The highest BCUT2D eigenvalue weighted by Gasteiger charge is 2.28. The molecule has 0 spiro atoms. The monoisotopic (exact) mass is 378 g/mol. The van der Waals surface area contributed by atoms with Crippen molar-refractivity contribution in [1.82, 2.24) is 4.31 Å². The molecule has 2 N–H and O–H groups in total. The van der Waals surface area contributed by atoms with Gasteiger partial charge in [-0.1, -0.05) is 6.92 Å². The lowest BCUT2D eigenvalue weighted by atomic mass is 10.4. The quantitative estimate of drug-likeness (QED) is 0.838. The summed E-state index contributed by atoms with van der Waals surface area (Å²) in [4.78, 5) is 1.08. The van der Waals surface area contributed by atoms with E-state index in [1.54, 1.807) is 25.1 Å². The highest BCUT2D eigenvalue weighted by atomic mass is 79.9. The lowest BCUT2D eigenvalue weighted by Gasteiger charge is -2.18. The second-order valence-corrected chi connectivity index (χ2v) is 8.43. The number of nitrogens with zero attached hydrogens (tertiary/aromatic N) is 1. The first-order chi connectivity index (χ1) is 9.48. The van der Waals surface area contributed by atoms with E-state index >= 15 is 0 Å². The highest BCUT2D eigenvalue weighted by Crippen LogP contribution is 2.33. The number of hydrogen-bond acceptors (Lipinski definition) is 5. The molecule has 0 aliphatic rings. The summed E-state index contributed by atoms with van der Waals surface area (Å²) >= 11 is 4.64. The van der Waals surface area contributed by atoms with Crippen molar-refractivity contribution < 1.29 is 12.8 Å².